The van der Waals surface area contributed by atoms with Gasteiger partial charge in [0.2, 0.25) is 0 Å². The molecule has 0 radical (unpaired) electrons. The molecule has 1 fully saturated rings. The van der Waals surface area contributed by atoms with Crippen LogP contribution >= 0.6 is 0 Å². The summed E-state index contributed by atoms with van der Waals surface area (Å²) in [5.41, 5.74) is 0. The van der Waals surface area contributed by atoms with Gasteiger partial charge >= 0.3 is 9.28 Å². The van der Waals surface area contributed by atoms with Crippen LogP contribution in [0.25, 0.3) is 0 Å². The van der Waals surface area contributed by atoms with Crippen molar-refractivity contribution in [3.05, 3.63) is 0 Å². The molecule has 1 N–H and O–H groups in total. The Labute approximate surface area is 45.0 Å². The van der Waals surface area contributed by atoms with Crippen LogP contribution in [0.15, 0.2) is 0 Å². The summed E-state index contributed by atoms with van der Waals surface area (Å²) in [6.45, 7) is 0.799. The Kier molecular flexibility index (Phi) is 1.84. The molecular weight excluding hydrogens is 108 g/mol. The summed E-state index contributed by atoms with van der Waals surface area (Å²) in [6.07, 6.45) is 2.32. The van der Waals surface area contributed by atoms with Crippen molar-refractivity contribution in [2.24, 2.45) is 0 Å². The maximum Gasteiger partial charge on any atom is 0.318 e. The lowest BCUT2D eigenvalue weighted by atomic mass is 10.4. The van der Waals surface area contributed by atoms with Gasteiger partial charge in [0.05, 0.1) is 0 Å². The molecular formula is C4H10O2Si. The van der Waals surface area contributed by atoms with Crippen LogP contribution in [0.3, 0.4) is 0 Å². The van der Waals surface area contributed by atoms with E-state index in [0.717, 1.165) is 19.1 Å². The van der Waals surface area contributed by atoms with Crippen LogP contribution < -0.4 is 0 Å². The Morgan fingerprint density at radius 2 is 2.29 bits per heavy atom. The van der Waals surface area contributed by atoms with Crippen LogP contribution in [0.2, 0.25) is 6.04 Å². The zero-order chi connectivity index (χ0) is 5.11. The molecule has 0 spiro atoms. The Hall–Kier alpha value is 0.137. The monoisotopic (exact) mass is 118 g/mol. The van der Waals surface area contributed by atoms with E-state index in [0.29, 0.717) is 0 Å². The molecule has 0 saturated carbocycles. The highest BCUT2D eigenvalue weighted by Crippen LogP contribution is 2.07. The summed E-state index contributed by atoms with van der Waals surface area (Å²) in [4.78, 5) is 8.83. The van der Waals surface area contributed by atoms with Gasteiger partial charge in [-0.1, -0.05) is 0 Å². The molecule has 0 aromatic heterocycles. The quantitative estimate of drug-likeness (QED) is 0.454. The van der Waals surface area contributed by atoms with Crippen molar-refractivity contribution in [3.63, 3.8) is 0 Å². The smallest absolute Gasteiger partial charge is 0.318 e. The largest absolute Gasteiger partial charge is 0.413 e. The Balaban J connectivity index is 2.12. The number of hydrogen-bond acceptors (Lipinski definition) is 2. The minimum atomic E-state index is -1.59. The van der Waals surface area contributed by atoms with Crippen LogP contribution in [0.5, 0.6) is 0 Å². The molecule has 0 aromatic rings. The van der Waals surface area contributed by atoms with Gasteiger partial charge in [-0.2, -0.15) is 0 Å². The summed E-state index contributed by atoms with van der Waals surface area (Å²) >= 11 is 0. The molecule has 1 rings (SSSR count). The van der Waals surface area contributed by atoms with Gasteiger partial charge in [0.15, 0.2) is 0 Å². The second-order valence-electron chi connectivity index (χ2n) is 1.82. The van der Waals surface area contributed by atoms with Crippen LogP contribution in [-0.2, 0) is 4.43 Å². The van der Waals surface area contributed by atoms with E-state index in [1.165, 1.54) is 6.42 Å². The van der Waals surface area contributed by atoms with Crippen LogP contribution in [0.4, 0.5) is 0 Å². The fraction of sp³-hybridized carbons (Fsp3) is 1.00. The van der Waals surface area contributed by atoms with E-state index in [4.69, 9.17) is 9.22 Å². The van der Waals surface area contributed by atoms with E-state index in [1.807, 2.05) is 0 Å². The van der Waals surface area contributed by atoms with Crippen molar-refractivity contribution in [1.29, 1.82) is 0 Å². The molecule has 1 atom stereocenters. The van der Waals surface area contributed by atoms with E-state index < -0.39 is 9.28 Å². The molecule has 1 unspecified atom stereocenters. The molecule has 1 saturated heterocycles. The summed E-state index contributed by atoms with van der Waals surface area (Å²) in [7, 11) is -1.59. The van der Waals surface area contributed by atoms with Gasteiger partial charge in [0.25, 0.3) is 0 Å². The minimum absolute atomic E-state index is 0.799. The normalized spacial score (nSPS) is 33.0. The SMILES string of the molecule is O[SiH]1CCCCO1. The molecule has 0 amide bonds. The molecule has 1 aliphatic heterocycles. The maximum absolute atomic E-state index is 8.83. The van der Waals surface area contributed by atoms with Crippen molar-refractivity contribution >= 4 is 9.28 Å². The van der Waals surface area contributed by atoms with Gasteiger partial charge in [-0.15, -0.1) is 0 Å². The molecule has 0 bridgehead atoms. The van der Waals surface area contributed by atoms with Crippen LogP contribution in [-0.4, -0.2) is 20.7 Å². The van der Waals surface area contributed by atoms with Gasteiger partial charge < -0.3 is 9.22 Å². The molecule has 2 nitrogen and oxygen atoms in total. The summed E-state index contributed by atoms with van der Waals surface area (Å²) in [5.74, 6) is 0. The Morgan fingerprint density at radius 3 is 2.57 bits per heavy atom. The highest BCUT2D eigenvalue weighted by Gasteiger charge is 2.11. The summed E-state index contributed by atoms with van der Waals surface area (Å²) in [5, 5.41) is 0. The summed E-state index contributed by atoms with van der Waals surface area (Å²) < 4.78 is 4.97. The topological polar surface area (TPSA) is 29.5 Å². The highest BCUT2D eigenvalue weighted by atomic mass is 28.3. The minimum Gasteiger partial charge on any atom is -0.413 e. The molecule has 1 heterocycles. The van der Waals surface area contributed by atoms with Gasteiger partial charge in [-0.05, 0) is 18.9 Å². The third kappa shape index (κ3) is 1.59. The third-order valence-electron chi connectivity index (χ3n) is 1.16. The molecule has 7 heavy (non-hydrogen) atoms. The van der Waals surface area contributed by atoms with Crippen molar-refractivity contribution in [2.75, 3.05) is 6.61 Å². The fourth-order valence-corrected chi connectivity index (χ4v) is 1.97. The number of rotatable bonds is 0. The van der Waals surface area contributed by atoms with E-state index >= 15 is 0 Å². The van der Waals surface area contributed by atoms with E-state index in [2.05, 4.69) is 0 Å². The van der Waals surface area contributed by atoms with Gasteiger partial charge in [-0.3, -0.25) is 0 Å². The van der Waals surface area contributed by atoms with Gasteiger partial charge in [0.1, 0.15) is 0 Å². The van der Waals surface area contributed by atoms with Crippen molar-refractivity contribution in [1.82, 2.24) is 0 Å². The lowest BCUT2D eigenvalue weighted by Gasteiger charge is -2.14. The van der Waals surface area contributed by atoms with Crippen molar-refractivity contribution in [2.45, 2.75) is 18.9 Å². The maximum atomic E-state index is 8.83. The van der Waals surface area contributed by atoms with E-state index in [-0.39, 0.29) is 0 Å². The zero-order valence-electron chi connectivity index (χ0n) is 4.26. The Bertz CT molecular complexity index is 51.7. The van der Waals surface area contributed by atoms with Crippen LogP contribution in [0.1, 0.15) is 12.8 Å². The Morgan fingerprint density at radius 1 is 1.43 bits per heavy atom. The lowest BCUT2D eigenvalue weighted by molar-refractivity contribution is 0.231. The van der Waals surface area contributed by atoms with Crippen molar-refractivity contribution in [3.8, 4) is 0 Å². The molecule has 42 valence electrons. The standard InChI is InChI=1S/C4H10O2Si/c5-7-4-2-1-3-6-7/h5,7H,1-4H2. The van der Waals surface area contributed by atoms with E-state index in [9.17, 15) is 0 Å². The average molecular weight is 118 g/mol. The first-order valence-electron chi connectivity index (χ1n) is 2.69. The zero-order valence-corrected chi connectivity index (χ0v) is 5.42. The molecule has 1 aliphatic rings. The van der Waals surface area contributed by atoms with Gasteiger partial charge in [0, 0.05) is 6.61 Å². The second-order valence-corrected chi connectivity index (χ2v) is 3.64. The third-order valence-corrected chi connectivity index (χ3v) is 2.68. The van der Waals surface area contributed by atoms with E-state index in [1.54, 1.807) is 0 Å². The summed E-state index contributed by atoms with van der Waals surface area (Å²) in [6, 6.07) is 0.958. The predicted molar refractivity (Wildman–Crippen MR) is 29.4 cm³/mol. The van der Waals surface area contributed by atoms with Crippen molar-refractivity contribution < 1.29 is 9.22 Å². The molecule has 0 aromatic carbocycles. The molecule has 3 heteroatoms. The average Bonchev–Trinajstić information content (AvgIpc) is 1.69. The fourth-order valence-electron chi connectivity index (χ4n) is 0.724. The first kappa shape index (κ1) is 5.28. The van der Waals surface area contributed by atoms with Gasteiger partial charge in [-0.25, -0.2) is 0 Å². The van der Waals surface area contributed by atoms with Crippen LogP contribution in [0, 0.1) is 0 Å². The number of hydrogen-bond donors (Lipinski definition) is 1. The molecule has 0 aliphatic carbocycles. The first-order chi connectivity index (χ1) is 3.39. The first-order valence-corrected chi connectivity index (χ1v) is 4.50. The lowest BCUT2D eigenvalue weighted by Crippen LogP contribution is -2.22. The predicted octanol–water partition coefficient (Wildman–Crippen LogP) is 0.00960. The highest BCUT2D eigenvalue weighted by molar-refractivity contribution is 6.42. The second kappa shape index (κ2) is 2.45.